The molecular formula is C23H25N5O5. The number of ether oxygens (including phenoxy) is 1. The molecule has 172 valence electrons. The van der Waals surface area contributed by atoms with E-state index < -0.39 is 17.2 Å². The molecule has 0 saturated carbocycles. The van der Waals surface area contributed by atoms with Crippen molar-refractivity contribution in [3.8, 4) is 0 Å². The van der Waals surface area contributed by atoms with Crippen molar-refractivity contribution in [2.75, 3.05) is 37.7 Å². The fourth-order valence-electron chi connectivity index (χ4n) is 3.92. The Morgan fingerprint density at radius 1 is 1.06 bits per heavy atom. The van der Waals surface area contributed by atoms with Crippen molar-refractivity contribution in [3.05, 3.63) is 69.0 Å². The number of hydrogen-bond acceptors (Lipinski definition) is 7. The number of nitrogens with zero attached hydrogens (tertiary/aromatic N) is 4. The maximum atomic E-state index is 12.8. The summed E-state index contributed by atoms with van der Waals surface area (Å²) in [6.07, 6.45) is 1.65. The number of pyridine rings is 1. The molecule has 0 bridgehead atoms. The van der Waals surface area contributed by atoms with Crippen LogP contribution in [0.2, 0.25) is 0 Å². The molecule has 0 radical (unpaired) electrons. The van der Waals surface area contributed by atoms with Gasteiger partial charge in [0.15, 0.2) is 0 Å². The van der Waals surface area contributed by atoms with Crippen LogP contribution < -0.4 is 16.1 Å². The van der Waals surface area contributed by atoms with Crippen molar-refractivity contribution in [1.82, 2.24) is 19.4 Å². The van der Waals surface area contributed by atoms with Gasteiger partial charge in [0, 0.05) is 45.3 Å². The normalized spacial score (nSPS) is 13.8. The number of benzene rings is 1. The minimum absolute atomic E-state index is 0.0533. The van der Waals surface area contributed by atoms with E-state index in [-0.39, 0.29) is 18.9 Å². The lowest BCUT2D eigenvalue weighted by Crippen LogP contribution is -2.49. The van der Waals surface area contributed by atoms with Gasteiger partial charge in [0.2, 0.25) is 5.91 Å². The third-order valence-corrected chi connectivity index (χ3v) is 5.67. The van der Waals surface area contributed by atoms with Crippen molar-refractivity contribution < 1.29 is 14.3 Å². The van der Waals surface area contributed by atoms with E-state index in [0.29, 0.717) is 49.3 Å². The predicted octanol–water partition coefficient (Wildman–Crippen LogP) is 1.00. The predicted molar refractivity (Wildman–Crippen MR) is 122 cm³/mol. The number of fused-ring (bicyclic) bond motifs is 1. The van der Waals surface area contributed by atoms with Crippen LogP contribution in [0, 0.1) is 0 Å². The molecule has 4 rings (SSSR count). The van der Waals surface area contributed by atoms with Crippen LogP contribution in [-0.2, 0) is 16.1 Å². The first-order valence-electron chi connectivity index (χ1n) is 10.9. The Kier molecular flexibility index (Phi) is 6.53. The number of carbonyl (C=O) groups is 2. The number of aryl methyl sites for hydroxylation is 1. The number of nitrogens with one attached hydrogen (secondary N) is 1. The molecule has 1 aromatic carbocycles. The second-order valence-electron chi connectivity index (χ2n) is 7.67. The van der Waals surface area contributed by atoms with Crippen LogP contribution in [0.5, 0.6) is 0 Å². The van der Waals surface area contributed by atoms with E-state index in [9.17, 15) is 19.2 Å². The van der Waals surface area contributed by atoms with Crippen LogP contribution in [0.3, 0.4) is 0 Å². The summed E-state index contributed by atoms with van der Waals surface area (Å²) in [6.45, 7) is 4.53. The molecule has 2 aromatic heterocycles. The quantitative estimate of drug-likeness (QED) is 0.556. The van der Waals surface area contributed by atoms with E-state index in [0.717, 1.165) is 5.82 Å². The first-order valence-corrected chi connectivity index (χ1v) is 10.9. The summed E-state index contributed by atoms with van der Waals surface area (Å²) in [5, 5.41) is 0.416. The van der Waals surface area contributed by atoms with E-state index in [2.05, 4.69) is 14.9 Å². The Morgan fingerprint density at radius 2 is 1.82 bits per heavy atom. The molecule has 1 amide bonds. The maximum absolute atomic E-state index is 12.8. The highest BCUT2D eigenvalue weighted by molar-refractivity contribution is 5.89. The van der Waals surface area contributed by atoms with Gasteiger partial charge in [-0.25, -0.2) is 14.6 Å². The minimum Gasteiger partial charge on any atom is -0.462 e. The first-order chi connectivity index (χ1) is 16.0. The number of esters is 1. The number of carbonyl (C=O) groups excluding carboxylic acids is 2. The van der Waals surface area contributed by atoms with Gasteiger partial charge < -0.3 is 14.5 Å². The Morgan fingerprint density at radius 3 is 2.52 bits per heavy atom. The second-order valence-corrected chi connectivity index (χ2v) is 7.67. The summed E-state index contributed by atoms with van der Waals surface area (Å²) in [7, 11) is 0. The van der Waals surface area contributed by atoms with Gasteiger partial charge in [0.1, 0.15) is 5.82 Å². The number of hydrogen-bond donors (Lipinski definition) is 1. The number of aromatic amines is 1. The van der Waals surface area contributed by atoms with Gasteiger partial charge in [-0.1, -0.05) is 12.1 Å². The summed E-state index contributed by atoms with van der Waals surface area (Å²) in [5.41, 5.74) is -0.0347. The largest absolute Gasteiger partial charge is 0.462 e. The molecule has 0 spiro atoms. The molecule has 1 saturated heterocycles. The van der Waals surface area contributed by atoms with E-state index in [1.165, 1.54) is 10.8 Å². The highest BCUT2D eigenvalue weighted by atomic mass is 16.5. The maximum Gasteiger partial charge on any atom is 0.339 e. The van der Waals surface area contributed by atoms with Gasteiger partial charge in [-0.3, -0.25) is 19.1 Å². The molecule has 10 nitrogen and oxygen atoms in total. The van der Waals surface area contributed by atoms with Gasteiger partial charge in [0.05, 0.1) is 23.1 Å². The fraction of sp³-hybridized carbons (Fsp3) is 0.348. The van der Waals surface area contributed by atoms with Crippen LogP contribution >= 0.6 is 0 Å². The summed E-state index contributed by atoms with van der Waals surface area (Å²) < 4.78 is 6.40. The van der Waals surface area contributed by atoms with Gasteiger partial charge in [-0.15, -0.1) is 0 Å². The van der Waals surface area contributed by atoms with Crippen molar-refractivity contribution in [2.45, 2.75) is 19.9 Å². The van der Waals surface area contributed by atoms with E-state index >= 15 is 0 Å². The van der Waals surface area contributed by atoms with Crippen molar-refractivity contribution in [2.24, 2.45) is 0 Å². The topological polar surface area (TPSA) is 118 Å². The number of para-hydroxylation sites is 1. The van der Waals surface area contributed by atoms with Crippen LogP contribution in [0.4, 0.5) is 5.82 Å². The molecule has 3 aromatic rings. The van der Waals surface area contributed by atoms with Crippen molar-refractivity contribution in [1.29, 1.82) is 0 Å². The number of piperazine rings is 1. The number of anilines is 1. The third-order valence-electron chi connectivity index (χ3n) is 5.67. The first kappa shape index (κ1) is 22.3. The average molecular weight is 451 g/mol. The molecule has 1 N–H and O–H groups in total. The zero-order valence-electron chi connectivity index (χ0n) is 18.3. The molecule has 1 aliphatic rings. The smallest absolute Gasteiger partial charge is 0.339 e. The lowest BCUT2D eigenvalue weighted by atomic mass is 10.2. The lowest BCUT2D eigenvalue weighted by molar-refractivity contribution is -0.131. The molecule has 0 atom stereocenters. The SMILES string of the molecule is CCOC(=O)c1ccc(N2CCN(C(=O)CCn3c(=O)[nH]c(=O)c4ccccc43)CC2)nc1. The summed E-state index contributed by atoms with van der Waals surface area (Å²) in [5.74, 6) is 0.283. The second kappa shape index (κ2) is 9.68. The molecule has 3 heterocycles. The number of aromatic nitrogens is 3. The Hall–Kier alpha value is -3.95. The highest BCUT2D eigenvalue weighted by Gasteiger charge is 2.22. The van der Waals surface area contributed by atoms with Gasteiger partial charge >= 0.3 is 11.7 Å². The zero-order chi connectivity index (χ0) is 23.4. The van der Waals surface area contributed by atoms with Crippen molar-refractivity contribution in [3.63, 3.8) is 0 Å². The van der Waals surface area contributed by atoms with Gasteiger partial charge in [0.25, 0.3) is 5.56 Å². The van der Waals surface area contributed by atoms with Crippen LogP contribution in [-0.4, -0.2) is 64.1 Å². The summed E-state index contributed by atoms with van der Waals surface area (Å²) in [6, 6.07) is 10.3. The van der Waals surface area contributed by atoms with E-state index in [1.807, 2.05) is 0 Å². The zero-order valence-corrected chi connectivity index (χ0v) is 18.3. The Balaban J connectivity index is 1.35. The molecule has 1 fully saturated rings. The lowest BCUT2D eigenvalue weighted by Gasteiger charge is -2.35. The average Bonchev–Trinajstić information content (AvgIpc) is 2.84. The number of H-pyrrole nitrogens is 1. The molecule has 33 heavy (non-hydrogen) atoms. The molecular weight excluding hydrogens is 426 g/mol. The number of amides is 1. The molecule has 10 heteroatoms. The van der Waals surface area contributed by atoms with E-state index in [4.69, 9.17) is 4.74 Å². The van der Waals surface area contributed by atoms with Gasteiger partial charge in [-0.2, -0.15) is 0 Å². The van der Waals surface area contributed by atoms with E-state index in [1.54, 1.807) is 48.2 Å². The minimum atomic E-state index is -0.520. The summed E-state index contributed by atoms with van der Waals surface area (Å²) in [4.78, 5) is 59.3. The standard InChI is InChI=1S/C23H25N5O5/c1-2-33-22(31)16-7-8-19(24-15-16)26-11-13-27(14-12-26)20(29)9-10-28-18-6-4-3-5-17(18)21(30)25-23(28)32/h3-8,15H,2,9-14H2,1H3,(H,25,30,32). The van der Waals surface area contributed by atoms with Crippen LogP contribution in [0.1, 0.15) is 23.7 Å². The molecule has 0 unspecified atom stereocenters. The van der Waals surface area contributed by atoms with Crippen LogP contribution in [0.15, 0.2) is 52.2 Å². The highest BCUT2D eigenvalue weighted by Crippen LogP contribution is 2.15. The monoisotopic (exact) mass is 451 g/mol. The van der Waals surface area contributed by atoms with Crippen molar-refractivity contribution >= 4 is 28.6 Å². The van der Waals surface area contributed by atoms with Crippen LogP contribution in [0.25, 0.3) is 10.9 Å². The third kappa shape index (κ3) is 4.79. The Bertz CT molecular complexity index is 1270. The number of rotatable bonds is 6. The summed E-state index contributed by atoms with van der Waals surface area (Å²) >= 11 is 0. The molecule has 0 aliphatic carbocycles. The Labute approximate surface area is 189 Å². The van der Waals surface area contributed by atoms with Gasteiger partial charge in [-0.05, 0) is 31.2 Å². The fourth-order valence-corrected chi connectivity index (χ4v) is 3.92. The molecule has 1 aliphatic heterocycles.